The van der Waals surface area contributed by atoms with Gasteiger partial charge in [0.25, 0.3) is 5.24 Å². The standard InChI is InChI=1S/C8H5Br2ClO/c9-4-5-1-2-6(10)3-7(5)8(11)12/h1-3H,4H2. The van der Waals surface area contributed by atoms with Crippen LogP contribution >= 0.6 is 43.5 Å². The summed E-state index contributed by atoms with van der Waals surface area (Å²) in [6.07, 6.45) is 0. The molecule has 1 nitrogen and oxygen atoms in total. The Kier molecular flexibility index (Phi) is 3.75. The number of hydrogen-bond acceptors (Lipinski definition) is 1. The highest BCUT2D eigenvalue weighted by atomic mass is 79.9. The van der Waals surface area contributed by atoms with Crippen LogP contribution in [-0.4, -0.2) is 5.24 Å². The van der Waals surface area contributed by atoms with Crippen molar-refractivity contribution in [2.24, 2.45) is 0 Å². The average molecular weight is 312 g/mol. The van der Waals surface area contributed by atoms with Crippen molar-refractivity contribution < 1.29 is 4.79 Å². The summed E-state index contributed by atoms with van der Waals surface area (Å²) in [6, 6.07) is 5.44. The lowest BCUT2D eigenvalue weighted by atomic mass is 10.1. The van der Waals surface area contributed by atoms with E-state index in [1.807, 2.05) is 12.1 Å². The monoisotopic (exact) mass is 310 g/mol. The Hall–Kier alpha value is 0.140. The first-order valence-corrected chi connectivity index (χ1v) is 5.48. The highest BCUT2D eigenvalue weighted by Crippen LogP contribution is 2.20. The van der Waals surface area contributed by atoms with Crippen molar-refractivity contribution in [2.75, 3.05) is 0 Å². The summed E-state index contributed by atoms with van der Waals surface area (Å²) in [5.41, 5.74) is 1.45. The first-order valence-electron chi connectivity index (χ1n) is 3.19. The first-order chi connectivity index (χ1) is 5.65. The lowest BCUT2D eigenvalue weighted by molar-refractivity contribution is 0.108. The van der Waals surface area contributed by atoms with Crippen LogP contribution < -0.4 is 0 Å². The van der Waals surface area contributed by atoms with Crippen molar-refractivity contribution in [3.05, 3.63) is 33.8 Å². The molecule has 0 bridgehead atoms. The number of carbonyl (C=O) groups excluding carboxylic acids is 1. The minimum absolute atomic E-state index is 0.425. The Bertz CT molecular complexity index is 312. The number of halogens is 3. The van der Waals surface area contributed by atoms with E-state index in [2.05, 4.69) is 31.9 Å². The molecule has 0 aromatic heterocycles. The predicted octanol–water partition coefficient (Wildman–Crippen LogP) is 3.72. The summed E-state index contributed by atoms with van der Waals surface area (Å²) in [5.74, 6) is 0. The lowest BCUT2D eigenvalue weighted by Gasteiger charge is -2.01. The molecule has 1 rings (SSSR count). The van der Waals surface area contributed by atoms with Crippen LogP contribution in [0.5, 0.6) is 0 Å². The number of carbonyl (C=O) groups is 1. The van der Waals surface area contributed by atoms with Gasteiger partial charge < -0.3 is 0 Å². The third-order valence-corrected chi connectivity index (χ3v) is 2.73. The molecule has 0 radical (unpaired) electrons. The van der Waals surface area contributed by atoms with Gasteiger partial charge in [-0.15, -0.1) is 0 Å². The molecule has 1 aromatic rings. The van der Waals surface area contributed by atoms with E-state index in [0.29, 0.717) is 10.9 Å². The zero-order chi connectivity index (χ0) is 9.14. The van der Waals surface area contributed by atoms with Crippen molar-refractivity contribution in [2.45, 2.75) is 5.33 Å². The molecule has 0 aliphatic carbocycles. The number of benzene rings is 1. The normalized spacial score (nSPS) is 9.92. The zero-order valence-electron chi connectivity index (χ0n) is 5.98. The van der Waals surface area contributed by atoms with Gasteiger partial charge in [-0.2, -0.15) is 0 Å². The van der Waals surface area contributed by atoms with Crippen LogP contribution in [0.15, 0.2) is 22.7 Å². The van der Waals surface area contributed by atoms with E-state index in [1.54, 1.807) is 6.07 Å². The van der Waals surface area contributed by atoms with E-state index in [9.17, 15) is 4.79 Å². The van der Waals surface area contributed by atoms with Crippen LogP contribution in [0.2, 0.25) is 0 Å². The molecule has 0 unspecified atom stereocenters. The first kappa shape index (κ1) is 10.2. The molecule has 4 heteroatoms. The van der Waals surface area contributed by atoms with Crippen molar-refractivity contribution >= 4 is 48.7 Å². The molecule has 0 fully saturated rings. The molecule has 1 aromatic carbocycles. The molecule has 0 spiro atoms. The Balaban J connectivity index is 3.21. The summed E-state index contributed by atoms with van der Waals surface area (Å²) in [5, 5.41) is 0.208. The van der Waals surface area contributed by atoms with Crippen LogP contribution in [0.1, 0.15) is 15.9 Å². The highest BCUT2D eigenvalue weighted by molar-refractivity contribution is 9.10. The van der Waals surface area contributed by atoms with Gasteiger partial charge in [0.1, 0.15) is 0 Å². The van der Waals surface area contributed by atoms with E-state index < -0.39 is 5.24 Å². The van der Waals surface area contributed by atoms with Gasteiger partial charge in [-0.1, -0.05) is 37.9 Å². The maximum atomic E-state index is 10.9. The summed E-state index contributed by atoms with van der Waals surface area (Å²) in [6.45, 7) is 0. The van der Waals surface area contributed by atoms with Crippen molar-refractivity contribution in [3.63, 3.8) is 0 Å². The summed E-state index contributed by atoms with van der Waals surface area (Å²) >= 11 is 11.9. The molecule has 0 atom stereocenters. The van der Waals surface area contributed by atoms with Gasteiger partial charge in [-0.05, 0) is 29.3 Å². The smallest absolute Gasteiger partial charge is 0.252 e. The predicted molar refractivity (Wildman–Crippen MR) is 57.0 cm³/mol. The van der Waals surface area contributed by atoms with E-state index >= 15 is 0 Å². The summed E-state index contributed by atoms with van der Waals surface area (Å²) in [4.78, 5) is 10.9. The number of rotatable bonds is 2. The molecule has 0 saturated carbocycles. The maximum Gasteiger partial charge on any atom is 0.252 e. The Morgan fingerprint density at radius 3 is 2.67 bits per heavy atom. The van der Waals surface area contributed by atoms with Gasteiger partial charge in [0.2, 0.25) is 0 Å². The SMILES string of the molecule is O=C(Cl)c1cc(Br)ccc1CBr. The lowest BCUT2D eigenvalue weighted by Crippen LogP contribution is -1.94. The Labute approximate surface area is 92.4 Å². The molecule has 0 aliphatic heterocycles. The number of alkyl halides is 1. The molecule has 0 saturated heterocycles. The van der Waals surface area contributed by atoms with E-state index in [-0.39, 0.29) is 0 Å². The van der Waals surface area contributed by atoms with Crippen molar-refractivity contribution in [1.82, 2.24) is 0 Å². The van der Waals surface area contributed by atoms with Crippen molar-refractivity contribution in [1.29, 1.82) is 0 Å². The minimum Gasteiger partial charge on any atom is -0.276 e. The summed E-state index contributed by atoms with van der Waals surface area (Å²) < 4.78 is 0.858. The van der Waals surface area contributed by atoms with Gasteiger partial charge >= 0.3 is 0 Å². The second-order valence-corrected chi connectivity index (χ2v) is 4.03. The molecule has 0 amide bonds. The molecular weight excluding hydrogens is 307 g/mol. The third-order valence-electron chi connectivity index (χ3n) is 1.43. The fourth-order valence-corrected chi connectivity index (χ4v) is 1.87. The number of hydrogen-bond donors (Lipinski definition) is 0. The molecule has 12 heavy (non-hydrogen) atoms. The molecule has 64 valence electrons. The Morgan fingerprint density at radius 2 is 2.17 bits per heavy atom. The molecular formula is C8H5Br2ClO. The van der Waals surface area contributed by atoms with Gasteiger partial charge in [-0.3, -0.25) is 4.79 Å². The minimum atomic E-state index is -0.425. The van der Waals surface area contributed by atoms with Crippen LogP contribution in [0.3, 0.4) is 0 Å². The third kappa shape index (κ3) is 2.31. The second-order valence-electron chi connectivity index (χ2n) is 2.21. The fraction of sp³-hybridized carbons (Fsp3) is 0.125. The van der Waals surface area contributed by atoms with Gasteiger partial charge in [0.05, 0.1) is 0 Å². The molecule has 0 heterocycles. The second kappa shape index (κ2) is 4.40. The average Bonchev–Trinajstić information content (AvgIpc) is 2.04. The fourth-order valence-electron chi connectivity index (χ4n) is 0.848. The van der Waals surface area contributed by atoms with Gasteiger partial charge in [0, 0.05) is 15.4 Å². The quantitative estimate of drug-likeness (QED) is 0.601. The maximum absolute atomic E-state index is 10.9. The Morgan fingerprint density at radius 1 is 1.50 bits per heavy atom. The van der Waals surface area contributed by atoms with E-state index in [4.69, 9.17) is 11.6 Å². The van der Waals surface area contributed by atoms with Gasteiger partial charge in [0.15, 0.2) is 0 Å². The molecule has 0 aliphatic rings. The highest BCUT2D eigenvalue weighted by Gasteiger charge is 2.07. The van der Waals surface area contributed by atoms with Gasteiger partial charge in [-0.25, -0.2) is 0 Å². The summed E-state index contributed by atoms with van der Waals surface area (Å²) in [7, 11) is 0. The molecule has 0 N–H and O–H groups in total. The van der Waals surface area contributed by atoms with E-state index in [0.717, 1.165) is 10.0 Å². The van der Waals surface area contributed by atoms with Crippen LogP contribution in [-0.2, 0) is 5.33 Å². The topological polar surface area (TPSA) is 17.1 Å². The largest absolute Gasteiger partial charge is 0.276 e. The zero-order valence-corrected chi connectivity index (χ0v) is 9.91. The van der Waals surface area contributed by atoms with Crippen LogP contribution in [0.25, 0.3) is 0 Å². The van der Waals surface area contributed by atoms with Crippen LogP contribution in [0.4, 0.5) is 0 Å². The van der Waals surface area contributed by atoms with Crippen LogP contribution in [0, 0.1) is 0 Å². The van der Waals surface area contributed by atoms with Crippen molar-refractivity contribution in [3.8, 4) is 0 Å². The van der Waals surface area contributed by atoms with E-state index in [1.165, 1.54) is 0 Å².